The van der Waals surface area contributed by atoms with Crippen molar-refractivity contribution in [1.29, 1.82) is 0 Å². The number of methoxy groups -OCH3 is 2. The second-order valence-electron chi connectivity index (χ2n) is 7.08. The van der Waals surface area contributed by atoms with E-state index in [4.69, 9.17) is 9.47 Å². The minimum absolute atomic E-state index is 0.0863. The number of rotatable bonds is 6. The van der Waals surface area contributed by atoms with Gasteiger partial charge in [0.2, 0.25) is 0 Å². The molecule has 0 saturated carbocycles. The smallest absolute Gasteiger partial charge is 0.295 e. The number of aliphatic hydroxyl groups excluding tert-OH is 1. The van der Waals surface area contributed by atoms with Gasteiger partial charge in [0, 0.05) is 19.2 Å². The maximum absolute atomic E-state index is 12.9. The Labute approximate surface area is 170 Å². The highest BCUT2D eigenvalue weighted by atomic mass is 16.5. The summed E-state index contributed by atoms with van der Waals surface area (Å²) in [5.41, 5.74) is 3.15. The van der Waals surface area contributed by atoms with Crippen LogP contribution in [-0.4, -0.2) is 49.1 Å². The molecule has 0 unspecified atom stereocenters. The van der Waals surface area contributed by atoms with E-state index in [1.54, 1.807) is 25.3 Å². The van der Waals surface area contributed by atoms with Crippen molar-refractivity contribution in [2.24, 2.45) is 0 Å². The van der Waals surface area contributed by atoms with Crippen LogP contribution < -0.4 is 4.74 Å². The lowest BCUT2D eigenvalue weighted by Crippen LogP contribution is -2.32. The Morgan fingerprint density at radius 1 is 1.07 bits per heavy atom. The van der Waals surface area contributed by atoms with Gasteiger partial charge >= 0.3 is 0 Å². The van der Waals surface area contributed by atoms with Gasteiger partial charge in [-0.05, 0) is 43.2 Å². The summed E-state index contributed by atoms with van der Waals surface area (Å²) < 4.78 is 10.3. The molecule has 1 saturated heterocycles. The Hall–Kier alpha value is -3.12. The predicted octanol–water partition coefficient (Wildman–Crippen LogP) is 3.38. The van der Waals surface area contributed by atoms with Crippen LogP contribution in [0.25, 0.3) is 5.76 Å². The number of aliphatic hydroxyl groups is 1. The van der Waals surface area contributed by atoms with Crippen LogP contribution in [0.4, 0.5) is 0 Å². The number of hydrogen-bond acceptors (Lipinski definition) is 5. The largest absolute Gasteiger partial charge is 0.507 e. The molecule has 1 amide bonds. The van der Waals surface area contributed by atoms with Gasteiger partial charge in [0.25, 0.3) is 11.7 Å². The van der Waals surface area contributed by atoms with Crippen LogP contribution in [0, 0.1) is 13.8 Å². The second kappa shape index (κ2) is 8.49. The lowest BCUT2D eigenvalue weighted by Gasteiger charge is -2.25. The van der Waals surface area contributed by atoms with Crippen LogP contribution in [0.5, 0.6) is 5.75 Å². The van der Waals surface area contributed by atoms with E-state index >= 15 is 0 Å². The number of amides is 1. The van der Waals surface area contributed by atoms with Gasteiger partial charge in [-0.25, -0.2) is 0 Å². The highest BCUT2D eigenvalue weighted by molar-refractivity contribution is 6.46. The fraction of sp³-hybridized carbons (Fsp3) is 0.304. The van der Waals surface area contributed by atoms with Crippen LogP contribution in [0.15, 0.2) is 48.0 Å². The molecule has 6 heteroatoms. The Bertz CT molecular complexity index is 962. The molecule has 2 aromatic rings. The summed E-state index contributed by atoms with van der Waals surface area (Å²) in [7, 11) is 3.10. The van der Waals surface area contributed by atoms with Crippen LogP contribution in [0.2, 0.25) is 0 Å². The zero-order chi connectivity index (χ0) is 21.1. The number of carbonyl (C=O) groups is 2. The molecule has 6 nitrogen and oxygen atoms in total. The average molecular weight is 395 g/mol. The molecule has 0 aromatic heterocycles. The standard InChI is InChI=1S/C23H25NO5/c1-14-5-7-16(8-6-14)20-19(22(26)23(27)24(20)11-12-28-3)21(25)18-10-9-17(29-4)13-15(18)2/h5-10,13,20,25H,11-12H2,1-4H3/b21-19+/t20-/m0/s1. The first-order valence-corrected chi connectivity index (χ1v) is 9.38. The molecule has 1 fully saturated rings. The van der Waals surface area contributed by atoms with Crippen LogP contribution in [0.3, 0.4) is 0 Å². The van der Waals surface area contributed by atoms with E-state index < -0.39 is 17.7 Å². The van der Waals surface area contributed by atoms with Gasteiger partial charge in [0.15, 0.2) is 0 Å². The molecule has 3 rings (SSSR count). The number of likely N-dealkylation sites (tertiary alicyclic amines) is 1. The van der Waals surface area contributed by atoms with Gasteiger partial charge in [-0.2, -0.15) is 0 Å². The SMILES string of the molecule is COCCN1C(=O)C(=O)/C(=C(/O)c2ccc(OC)cc2C)[C@@H]1c1ccc(C)cc1. The minimum atomic E-state index is -0.695. The third-order valence-electron chi connectivity index (χ3n) is 5.16. The van der Waals surface area contributed by atoms with Crippen molar-refractivity contribution in [3.8, 4) is 5.75 Å². The van der Waals surface area contributed by atoms with Crippen molar-refractivity contribution < 1.29 is 24.2 Å². The van der Waals surface area contributed by atoms with Gasteiger partial charge in [-0.3, -0.25) is 9.59 Å². The molecule has 0 bridgehead atoms. The van der Waals surface area contributed by atoms with Crippen LogP contribution >= 0.6 is 0 Å². The van der Waals surface area contributed by atoms with Gasteiger partial charge in [0.05, 0.1) is 25.3 Å². The van der Waals surface area contributed by atoms with Gasteiger partial charge in [-0.15, -0.1) is 0 Å². The molecule has 1 atom stereocenters. The maximum Gasteiger partial charge on any atom is 0.295 e. The number of ether oxygens (including phenoxy) is 2. The molecule has 0 aliphatic carbocycles. The monoisotopic (exact) mass is 395 g/mol. The van der Waals surface area contributed by atoms with E-state index in [0.717, 1.165) is 16.7 Å². The first-order chi connectivity index (χ1) is 13.9. The second-order valence-corrected chi connectivity index (χ2v) is 7.08. The maximum atomic E-state index is 12.9. The van der Waals surface area contributed by atoms with E-state index in [9.17, 15) is 14.7 Å². The van der Waals surface area contributed by atoms with E-state index in [-0.39, 0.29) is 24.5 Å². The summed E-state index contributed by atoms with van der Waals surface area (Å²) in [6.07, 6.45) is 0. The molecule has 1 N–H and O–H groups in total. The summed E-state index contributed by atoms with van der Waals surface area (Å²) in [5.74, 6) is -0.872. The lowest BCUT2D eigenvalue weighted by molar-refractivity contribution is -0.140. The van der Waals surface area contributed by atoms with E-state index in [2.05, 4.69) is 0 Å². The quantitative estimate of drug-likeness (QED) is 0.461. The number of benzene rings is 2. The highest BCUT2D eigenvalue weighted by Crippen LogP contribution is 2.40. The third-order valence-corrected chi connectivity index (χ3v) is 5.16. The molecular weight excluding hydrogens is 370 g/mol. The zero-order valence-electron chi connectivity index (χ0n) is 17.1. The van der Waals surface area contributed by atoms with Gasteiger partial charge in [0.1, 0.15) is 11.5 Å². The lowest BCUT2D eigenvalue weighted by atomic mass is 9.93. The third kappa shape index (κ3) is 3.89. The van der Waals surface area contributed by atoms with E-state index in [1.165, 1.54) is 12.0 Å². The van der Waals surface area contributed by atoms with Crippen LogP contribution in [0.1, 0.15) is 28.3 Å². The fourth-order valence-corrected chi connectivity index (χ4v) is 3.57. The number of hydrogen-bond donors (Lipinski definition) is 1. The molecular formula is C23H25NO5. The summed E-state index contributed by atoms with van der Waals surface area (Å²) >= 11 is 0. The number of carbonyl (C=O) groups excluding carboxylic acids is 2. The molecule has 1 heterocycles. The number of aryl methyl sites for hydroxylation is 2. The van der Waals surface area contributed by atoms with Crippen molar-refractivity contribution in [1.82, 2.24) is 4.90 Å². The normalized spacial score (nSPS) is 18.3. The topological polar surface area (TPSA) is 76.1 Å². The van der Waals surface area contributed by atoms with E-state index in [1.807, 2.05) is 38.1 Å². The molecule has 1 aliphatic heterocycles. The van der Waals surface area contributed by atoms with E-state index in [0.29, 0.717) is 11.3 Å². The summed E-state index contributed by atoms with van der Waals surface area (Å²) in [5, 5.41) is 11.1. The van der Waals surface area contributed by atoms with Gasteiger partial charge in [-0.1, -0.05) is 29.8 Å². The summed E-state index contributed by atoms with van der Waals surface area (Å²) in [6.45, 7) is 4.32. The minimum Gasteiger partial charge on any atom is -0.507 e. The predicted molar refractivity (Wildman–Crippen MR) is 110 cm³/mol. The van der Waals surface area contributed by atoms with Crippen molar-refractivity contribution in [3.05, 3.63) is 70.3 Å². The molecule has 0 spiro atoms. The zero-order valence-corrected chi connectivity index (χ0v) is 17.1. The highest BCUT2D eigenvalue weighted by Gasteiger charge is 2.45. The first-order valence-electron chi connectivity index (χ1n) is 9.38. The Morgan fingerprint density at radius 3 is 2.34 bits per heavy atom. The molecule has 2 aromatic carbocycles. The molecule has 0 radical (unpaired) electrons. The molecule has 152 valence electrons. The Morgan fingerprint density at radius 2 is 1.76 bits per heavy atom. The summed E-state index contributed by atoms with van der Waals surface area (Å²) in [4.78, 5) is 27.1. The summed E-state index contributed by atoms with van der Waals surface area (Å²) in [6, 6.07) is 12.1. The fourth-order valence-electron chi connectivity index (χ4n) is 3.57. The number of nitrogens with zero attached hydrogens (tertiary/aromatic N) is 1. The van der Waals surface area contributed by atoms with Crippen molar-refractivity contribution in [2.75, 3.05) is 27.4 Å². The molecule has 1 aliphatic rings. The van der Waals surface area contributed by atoms with Crippen molar-refractivity contribution >= 4 is 17.4 Å². The number of ketones is 1. The van der Waals surface area contributed by atoms with Crippen molar-refractivity contribution in [3.63, 3.8) is 0 Å². The van der Waals surface area contributed by atoms with Crippen molar-refractivity contribution in [2.45, 2.75) is 19.9 Å². The van der Waals surface area contributed by atoms with Gasteiger partial charge < -0.3 is 19.5 Å². The number of Topliss-reactive ketones (excluding diaryl/α,β-unsaturated/α-hetero) is 1. The van der Waals surface area contributed by atoms with Crippen LogP contribution in [-0.2, 0) is 14.3 Å². The Kier molecular flexibility index (Phi) is 6.03. The molecule has 29 heavy (non-hydrogen) atoms. The Balaban J connectivity index is 2.17. The first kappa shape index (κ1) is 20.6. The average Bonchev–Trinajstić information content (AvgIpc) is 2.96.